The molecule has 0 aromatic heterocycles. The number of hydrogen-bond acceptors (Lipinski definition) is 1. The predicted molar refractivity (Wildman–Crippen MR) is 80.3 cm³/mol. The van der Waals surface area contributed by atoms with Gasteiger partial charge in [0.15, 0.2) is 5.78 Å². The number of hydrogen-bond donors (Lipinski definition) is 0. The van der Waals surface area contributed by atoms with Crippen LogP contribution in [0.1, 0.15) is 34.0 Å². The fourth-order valence-electron chi connectivity index (χ4n) is 2.05. The van der Waals surface area contributed by atoms with Crippen molar-refractivity contribution in [2.75, 3.05) is 0 Å². The summed E-state index contributed by atoms with van der Waals surface area (Å²) >= 11 is 0. The molecule has 0 spiro atoms. The van der Waals surface area contributed by atoms with Gasteiger partial charge in [0, 0.05) is 5.56 Å². The van der Waals surface area contributed by atoms with Crippen molar-refractivity contribution in [3.63, 3.8) is 0 Å². The quantitative estimate of drug-likeness (QED) is 0.575. The summed E-state index contributed by atoms with van der Waals surface area (Å²) in [4.78, 5) is 12.2. The SMILES string of the molecule is CC(=CC(=O)c1cccc(C)c1)c1cccc(C)c1. The van der Waals surface area contributed by atoms with Crippen molar-refractivity contribution in [3.8, 4) is 0 Å². The molecule has 0 N–H and O–H groups in total. The minimum Gasteiger partial charge on any atom is -0.289 e. The van der Waals surface area contributed by atoms with Gasteiger partial charge in [0.25, 0.3) is 0 Å². The van der Waals surface area contributed by atoms with Gasteiger partial charge in [0.05, 0.1) is 0 Å². The highest BCUT2D eigenvalue weighted by atomic mass is 16.1. The van der Waals surface area contributed by atoms with Crippen molar-refractivity contribution in [3.05, 3.63) is 76.9 Å². The fourth-order valence-corrected chi connectivity index (χ4v) is 2.05. The first-order valence-corrected chi connectivity index (χ1v) is 6.42. The van der Waals surface area contributed by atoms with E-state index in [0.29, 0.717) is 0 Å². The van der Waals surface area contributed by atoms with E-state index in [1.807, 2.05) is 50.2 Å². The van der Waals surface area contributed by atoms with Gasteiger partial charge in [-0.1, -0.05) is 53.6 Å². The Kier molecular flexibility index (Phi) is 3.96. The van der Waals surface area contributed by atoms with Gasteiger partial charge in [-0.15, -0.1) is 0 Å². The second kappa shape index (κ2) is 5.66. The molecule has 2 aromatic carbocycles. The number of ketones is 1. The summed E-state index contributed by atoms with van der Waals surface area (Å²) in [6.07, 6.45) is 1.71. The van der Waals surface area contributed by atoms with E-state index in [1.54, 1.807) is 6.08 Å². The summed E-state index contributed by atoms with van der Waals surface area (Å²) in [5.41, 5.74) is 5.14. The van der Waals surface area contributed by atoms with Crippen molar-refractivity contribution < 1.29 is 4.79 Å². The van der Waals surface area contributed by atoms with Gasteiger partial charge in [0.1, 0.15) is 0 Å². The van der Waals surface area contributed by atoms with Crippen molar-refractivity contribution in [1.29, 1.82) is 0 Å². The van der Waals surface area contributed by atoms with Gasteiger partial charge in [-0.2, -0.15) is 0 Å². The molecule has 0 aliphatic rings. The van der Waals surface area contributed by atoms with Gasteiger partial charge in [-0.25, -0.2) is 0 Å². The Morgan fingerprint density at radius 1 is 0.895 bits per heavy atom. The third-order valence-corrected chi connectivity index (χ3v) is 3.12. The van der Waals surface area contributed by atoms with Crippen molar-refractivity contribution >= 4 is 11.4 Å². The fraction of sp³-hybridized carbons (Fsp3) is 0.167. The minimum absolute atomic E-state index is 0.0581. The molecule has 0 amide bonds. The van der Waals surface area contributed by atoms with Crippen LogP contribution in [0.15, 0.2) is 54.6 Å². The van der Waals surface area contributed by atoms with E-state index >= 15 is 0 Å². The van der Waals surface area contributed by atoms with Crippen molar-refractivity contribution in [2.45, 2.75) is 20.8 Å². The molecule has 2 aromatic rings. The topological polar surface area (TPSA) is 17.1 Å². The van der Waals surface area contributed by atoms with E-state index in [4.69, 9.17) is 0 Å². The van der Waals surface area contributed by atoms with E-state index in [9.17, 15) is 4.79 Å². The van der Waals surface area contributed by atoms with Crippen LogP contribution in [-0.2, 0) is 0 Å². The van der Waals surface area contributed by atoms with E-state index in [0.717, 1.165) is 22.3 Å². The Morgan fingerprint density at radius 3 is 2.00 bits per heavy atom. The third kappa shape index (κ3) is 3.41. The first kappa shape index (κ1) is 13.3. The third-order valence-electron chi connectivity index (χ3n) is 3.12. The number of carbonyl (C=O) groups excluding carboxylic acids is 1. The van der Waals surface area contributed by atoms with Gasteiger partial charge < -0.3 is 0 Å². The van der Waals surface area contributed by atoms with Crippen LogP contribution in [0, 0.1) is 13.8 Å². The smallest absolute Gasteiger partial charge is 0.186 e. The second-order valence-electron chi connectivity index (χ2n) is 4.93. The Labute approximate surface area is 114 Å². The van der Waals surface area contributed by atoms with Crippen LogP contribution in [0.4, 0.5) is 0 Å². The van der Waals surface area contributed by atoms with Gasteiger partial charge in [-0.05, 0) is 44.1 Å². The maximum atomic E-state index is 12.2. The van der Waals surface area contributed by atoms with Gasteiger partial charge in [0.2, 0.25) is 0 Å². The summed E-state index contributed by atoms with van der Waals surface area (Å²) in [5, 5.41) is 0. The molecule has 2 rings (SSSR count). The molecule has 0 saturated carbocycles. The van der Waals surface area contributed by atoms with Crippen LogP contribution in [0.3, 0.4) is 0 Å². The first-order valence-electron chi connectivity index (χ1n) is 6.42. The van der Waals surface area contributed by atoms with Gasteiger partial charge >= 0.3 is 0 Å². The molecular formula is C18H18O. The Balaban J connectivity index is 2.28. The molecule has 0 aliphatic heterocycles. The lowest BCUT2D eigenvalue weighted by Gasteiger charge is -2.03. The Hall–Kier alpha value is -2.15. The zero-order valence-electron chi connectivity index (χ0n) is 11.6. The summed E-state index contributed by atoms with van der Waals surface area (Å²) in [7, 11) is 0. The number of carbonyl (C=O) groups is 1. The van der Waals surface area contributed by atoms with Crippen LogP contribution < -0.4 is 0 Å². The summed E-state index contributed by atoms with van der Waals surface area (Å²) in [5.74, 6) is 0.0581. The molecule has 19 heavy (non-hydrogen) atoms. The Bertz CT molecular complexity index is 636. The van der Waals surface area contributed by atoms with Crippen molar-refractivity contribution in [2.24, 2.45) is 0 Å². The molecule has 0 atom stereocenters. The number of rotatable bonds is 3. The first-order chi connectivity index (χ1) is 9.06. The molecule has 1 nitrogen and oxygen atoms in total. The molecule has 0 radical (unpaired) electrons. The zero-order chi connectivity index (χ0) is 13.8. The van der Waals surface area contributed by atoms with E-state index in [-0.39, 0.29) is 5.78 Å². The van der Waals surface area contributed by atoms with E-state index in [2.05, 4.69) is 19.1 Å². The molecule has 96 valence electrons. The molecule has 0 saturated heterocycles. The van der Waals surface area contributed by atoms with Crippen LogP contribution in [0.25, 0.3) is 5.57 Å². The zero-order valence-corrected chi connectivity index (χ0v) is 11.6. The molecule has 0 fully saturated rings. The Morgan fingerprint density at radius 2 is 1.42 bits per heavy atom. The summed E-state index contributed by atoms with van der Waals surface area (Å²) in [6.45, 7) is 6.02. The monoisotopic (exact) mass is 250 g/mol. The summed E-state index contributed by atoms with van der Waals surface area (Å²) < 4.78 is 0. The molecule has 0 bridgehead atoms. The molecule has 0 unspecified atom stereocenters. The standard InChI is InChI=1S/C18H18O/c1-13-6-4-8-16(10-13)15(3)12-18(19)17-9-5-7-14(2)11-17/h4-12H,1-3H3. The molecule has 0 heterocycles. The van der Waals surface area contributed by atoms with Crippen LogP contribution >= 0.6 is 0 Å². The molecule has 0 aliphatic carbocycles. The van der Waals surface area contributed by atoms with E-state index in [1.165, 1.54) is 5.56 Å². The van der Waals surface area contributed by atoms with E-state index < -0.39 is 0 Å². The number of allylic oxidation sites excluding steroid dienone is 2. The predicted octanol–water partition coefficient (Wildman–Crippen LogP) is 4.59. The average Bonchev–Trinajstić information content (AvgIpc) is 2.38. The largest absolute Gasteiger partial charge is 0.289 e. The molecule has 1 heteroatoms. The average molecular weight is 250 g/mol. The highest BCUT2D eigenvalue weighted by molar-refractivity contribution is 6.08. The maximum absolute atomic E-state index is 12.2. The summed E-state index contributed by atoms with van der Waals surface area (Å²) in [6, 6.07) is 15.9. The van der Waals surface area contributed by atoms with Crippen molar-refractivity contribution in [1.82, 2.24) is 0 Å². The lowest BCUT2D eigenvalue weighted by atomic mass is 10.0. The van der Waals surface area contributed by atoms with Crippen LogP contribution in [0.5, 0.6) is 0 Å². The van der Waals surface area contributed by atoms with Gasteiger partial charge in [-0.3, -0.25) is 4.79 Å². The van der Waals surface area contributed by atoms with Crippen LogP contribution in [0.2, 0.25) is 0 Å². The highest BCUT2D eigenvalue weighted by Gasteiger charge is 2.04. The second-order valence-corrected chi connectivity index (χ2v) is 4.93. The highest BCUT2D eigenvalue weighted by Crippen LogP contribution is 2.16. The van der Waals surface area contributed by atoms with Crippen LogP contribution in [-0.4, -0.2) is 5.78 Å². The molecular weight excluding hydrogens is 232 g/mol. The lowest BCUT2D eigenvalue weighted by Crippen LogP contribution is -1.96. The maximum Gasteiger partial charge on any atom is 0.186 e. The lowest BCUT2D eigenvalue weighted by molar-refractivity contribution is 0.104. The minimum atomic E-state index is 0.0581. The number of benzene rings is 2. The normalized spacial score (nSPS) is 11.4. The number of aryl methyl sites for hydroxylation is 2.